The van der Waals surface area contributed by atoms with Gasteiger partial charge in [0.15, 0.2) is 0 Å². The van der Waals surface area contributed by atoms with E-state index in [1.54, 1.807) is 0 Å². The molecule has 0 rings (SSSR count). The number of carboxylic acid groups (broad SMARTS) is 1. The van der Waals surface area contributed by atoms with Crippen molar-refractivity contribution < 1.29 is 14.7 Å². The van der Waals surface area contributed by atoms with Crippen LogP contribution in [-0.2, 0) is 9.59 Å². The molecule has 0 fully saturated rings. The van der Waals surface area contributed by atoms with E-state index in [1.165, 1.54) is 57.8 Å². The number of allylic oxidation sites excluding steroid dienone is 2. The van der Waals surface area contributed by atoms with Gasteiger partial charge in [-0.15, -0.1) is 0 Å². The van der Waals surface area contributed by atoms with Crippen LogP contribution in [0.15, 0.2) is 12.2 Å². The first-order chi connectivity index (χ1) is 13.0. The van der Waals surface area contributed by atoms with E-state index < -0.39 is 5.97 Å². The Hall–Kier alpha value is -1.32. The maximum absolute atomic E-state index is 12.0. The third-order valence-electron chi connectivity index (χ3n) is 4.71. The van der Waals surface area contributed by atoms with Gasteiger partial charge < -0.3 is 10.4 Å². The molecule has 1 amide bonds. The number of aliphatic carboxylic acids is 1. The van der Waals surface area contributed by atoms with Gasteiger partial charge in [0.05, 0.1) is 6.42 Å². The molecule has 0 heterocycles. The summed E-state index contributed by atoms with van der Waals surface area (Å²) in [5, 5.41) is 11.8. The molecule has 0 saturated carbocycles. The third kappa shape index (κ3) is 19.3. The molecular weight excluding hydrogens is 338 g/mol. The van der Waals surface area contributed by atoms with Gasteiger partial charge in [-0.1, -0.05) is 71.4 Å². The Morgan fingerprint density at radius 1 is 0.889 bits per heavy atom. The molecule has 0 radical (unpaired) electrons. The van der Waals surface area contributed by atoms with Crippen LogP contribution in [0.2, 0.25) is 0 Å². The summed E-state index contributed by atoms with van der Waals surface area (Å²) in [4.78, 5) is 22.9. The van der Waals surface area contributed by atoms with Crippen LogP contribution in [0.4, 0.5) is 0 Å². The fraction of sp³-hybridized carbons (Fsp3) is 0.826. The summed E-state index contributed by atoms with van der Waals surface area (Å²) in [6.07, 6.45) is 19.1. The maximum atomic E-state index is 12.0. The fourth-order valence-electron chi connectivity index (χ4n) is 3.28. The van der Waals surface area contributed by atoms with E-state index in [-0.39, 0.29) is 18.4 Å². The normalized spacial score (nSPS) is 12.6. The zero-order chi connectivity index (χ0) is 20.3. The predicted molar refractivity (Wildman–Crippen MR) is 114 cm³/mol. The fourth-order valence-corrected chi connectivity index (χ4v) is 3.28. The van der Waals surface area contributed by atoms with Gasteiger partial charge in [0.2, 0.25) is 5.91 Å². The summed E-state index contributed by atoms with van der Waals surface area (Å²) in [6.45, 7) is 6.33. The molecule has 0 unspecified atom stereocenters. The summed E-state index contributed by atoms with van der Waals surface area (Å²) >= 11 is 0. The van der Waals surface area contributed by atoms with Crippen molar-refractivity contribution >= 4 is 11.9 Å². The minimum absolute atomic E-state index is 0.00657. The summed E-state index contributed by atoms with van der Waals surface area (Å²) < 4.78 is 0. The second-order valence-electron chi connectivity index (χ2n) is 8.12. The molecule has 0 saturated heterocycles. The molecule has 0 aliphatic carbocycles. The number of hydrogen-bond acceptors (Lipinski definition) is 2. The molecule has 158 valence electrons. The van der Waals surface area contributed by atoms with Crippen LogP contribution >= 0.6 is 0 Å². The lowest BCUT2D eigenvalue weighted by atomic mass is 10.0. The maximum Gasteiger partial charge on any atom is 0.305 e. The highest BCUT2D eigenvalue weighted by atomic mass is 16.4. The quantitative estimate of drug-likeness (QED) is 0.218. The van der Waals surface area contributed by atoms with Crippen LogP contribution in [0.5, 0.6) is 0 Å². The lowest BCUT2D eigenvalue weighted by molar-refractivity contribution is -0.137. The molecule has 0 aromatic heterocycles. The van der Waals surface area contributed by atoms with Crippen LogP contribution in [0.25, 0.3) is 0 Å². The van der Waals surface area contributed by atoms with E-state index >= 15 is 0 Å². The van der Waals surface area contributed by atoms with Crippen LogP contribution in [0, 0.1) is 5.92 Å². The lowest BCUT2D eigenvalue weighted by Crippen LogP contribution is -2.37. The van der Waals surface area contributed by atoms with Gasteiger partial charge in [0, 0.05) is 12.5 Å². The van der Waals surface area contributed by atoms with Gasteiger partial charge in [-0.3, -0.25) is 9.59 Å². The molecule has 0 spiro atoms. The van der Waals surface area contributed by atoms with E-state index in [9.17, 15) is 9.59 Å². The number of carbonyl (C=O) groups excluding carboxylic acids is 1. The van der Waals surface area contributed by atoms with E-state index in [0.29, 0.717) is 18.8 Å². The number of carboxylic acids is 1. The number of carbonyl (C=O) groups is 2. The minimum atomic E-state index is -0.851. The number of unbranched alkanes of at least 4 members (excludes halogenated alkanes) is 9. The van der Waals surface area contributed by atoms with Gasteiger partial charge >= 0.3 is 5.97 Å². The third-order valence-corrected chi connectivity index (χ3v) is 4.71. The molecule has 4 nitrogen and oxygen atoms in total. The summed E-state index contributed by atoms with van der Waals surface area (Å²) in [7, 11) is 0. The van der Waals surface area contributed by atoms with Crippen LogP contribution in [-0.4, -0.2) is 23.0 Å². The van der Waals surface area contributed by atoms with E-state index in [2.05, 4.69) is 24.4 Å². The van der Waals surface area contributed by atoms with Gasteiger partial charge in [-0.25, -0.2) is 0 Å². The SMILES string of the molecule is CCCCCCC=CCCCCCCCC(=O)N[C@@H](CC(=O)O)CC(C)C. The highest BCUT2D eigenvalue weighted by molar-refractivity contribution is 5.77. The summed E-state index contributed by atoms with van der Waals surface area (Å²) in [6, 6.07) is -0.247. The molecule has 2 N–H and O–H groups in total. The number of nitrogens with one attached hydrogen (secondary N) is 1. The number of rotatable bonds is 18. The van der Waals surface area contributed by atoms with Crippen molar-refractivity contribution in [2.24, 2.45) is 5.92 Å². The van der Waals surface area contributed by atoms with Crippen molar-refractivity contribution in [2.75, 3.05) is 0 Å². The Kier molecular flexibility index (Phi) is 17.2. The van der Waals surface area contributed by atoms with Crippen molar-refractivity contribution in [3.8, 4) is 0 Å². The monoisotopic (exact) mass is 381 g/mol. The molecular formula is C23H43NO3. The van der Waals surface area contributed by atoms with Crippen LogP contribution in [0.3, 0.4) is 0 Å². The number of amides is 1. The second kappa shape index (κ2) is 18.1. The second-order valence-corrected chi connectivity index (χ2v) is 8.12. The smallest absolute Gasteiger partial charge is 0.305 e. The number of hydrogen-bond donors (Lipinski definition) is 2. The molecule has 27 heavy (non-hydrogen) atoms. The molecule has 0 bridgehead atoms. The highest BCUT2D eigenvalue weighted by Gasteiger charge is 2.17. The van der Waals surface area contributed by atoms with Gasteiger partial charge in [-0.2, -0.15) is 0 Å². The van der Waals surface area contributed by atoms with E-state index in [4.69, 9.17) is 5.11 Å². The van der Waals surface area contributed by atoms with Crippen molar-refractivity contribution in [2.45, 2.75) is 117 Å². The first-order valence-corrected chi connectivity index (χ1v) is 11.1. The summed E-state index contributed by atoms with van der Waals surface area (Å²) in [5.74, 6) is -0.482. The molecule has 0 aliphatic heterocycles. The van der Waals surface area contributed by atoms with Crippen molar-refractivity contribution in [1.29, 1.82) is 0 Å². The van der Waals surface area contributed by atoms with E-state index in [1.807, 2.05) is 13.8 Å². The molecule has 0 aromatic carbocycles. The first kappa shape index (κ1) is 25.7. The zero-order valence-electron chi connectivity index (χ0n) is 18.0. The zero-order valence-corrected chi connectivity index (χ0v) is 18.0. The van der Waals surface area contributed by atoms with E-state index in [0.717, 1.165) is 12.8 Å². The standard InChI is InChI=1S/C23H43NO3/c1-4-5-6-7-8-9-10-11-12-13-14-15-16-17-22(25)24-21(18-20(2)3)19-23(26)27/h9-10,20-21H,4-8,11-19H2,1-3H3,(H,24,25)(H,26,27)/t21-/m1/s1. The van der Waals surface area contributed by atoms with Crippen LogP contribution < -0.4 is 5.32 Å². The lowest BCUT2D eigenvalue weighted by Gasteiger charge is -2.18. The van der Waals surface area contributed by atoms with Gasteiger partial charge in [-0.05, 0) is 44.4 Å². The predicted octanol–water partition coefficient (Wildman–Crippen LogP) is 6.25. The highest BCUT2D eigenvalue weighted by Crippen LogP contribution is 2.11. The Morgan fingerprint density at radius 3 is 2.00 bits per heavy atom. The average molecular weight is 382 g/mol. The Morgan fingerprint density at radius 2 is 1.44 bits per heavy atom. The first-order valence-electron chi connectivity index (χ1n) is 11.1. The van der Waals surface area contributed by atoms with Crippen molar-refractivity contribution in [1.82, 2.24) is 5.32 Å². The van der Waals surface area contributed by atoms with Crippen molar-refractivity contribution in [3.63, 3.8) is 0 Å². The topological polar surface area (TPSA) is 66.4 Å². The van der Waals surface area contributed by atoms with Crippen LogP contribution in [0.1, 0.15) is 111 Å². The average Bonchev–Trinajstić information content (AvgIpc) is 2.57. The minimum Gasteiger partial charge on any atom is -0.481 e. The molecule has 4 heteroatoms. The summed E-state index contributed by atoms with van der Waals surface area (Å²) in [5.41, 5.74) is 0. The Bertz CT molecular complexity index is 404. The Balaban J connectivity index is 3.61. The largest absolute Gasteiger partial charge is 0.481 e. The molecule has 1 atom stereocenters. The Labute approximate surface area is 167 Å². The van der Waals surface area contributed by atoms with Gasteiger partial charge in [0.25, 0.3) is 0 Å². The van der Waals surface area contributed by atoms with Crippen molar-refractivity contribution in [3.05, 3.63) is 12.2 Å². The molecule has 0 aliphatic rings. The molecule has 0 aromatic rings. The van der Waals surface area contributed by atoms with Gasteiger partial charge in [0.1, 0.15) is 0 Å².